The van der Waals surface area contributed by atoms with Crippen LogP contribution in [0.25, 0.3) is 0 Å². The topological polar surface area (TPSA) is 75.6 Å². The molecule has 9 heteroatoms. The highest BCUT2D eigenvalue weighted by Crippen LogP contribution is 2.49. The second-order valence-electron chi connectivity index (χ2n) is 8.05. The minimum atomic E-state index is -3.04. The summed E-state index contributed by atoms with van der Waals surface area (Å²) in [5, 5.41) is 0.572. The van der Waals surface area contributed by atoms with Crippen molar-refractivity contribution in [3.05, 3.63) is 17.4 Å². The van der Waals surface area contributed by atoms with Crippen LogP contribution in [0.3, 0.4) is 0 Å². The molecule has 2 saturated heterocycles. The molecule has 0 N–H and O–H groups in total. The molecule has 0 unspecified atom stereocenters. The van der Waals surface area contributed by atoms with Gasteiger partial charge in [0.1, 0.15) is 0 Å². The van der Waals surface area contributed by atoms with Gasteiger partial charge in [-0.2, -0.15) is 4.31 Å². The van der Waals surface area contributed by atoms with Gasteiger partial charge in [-0.1, -0.05) is 11.6 Å². The summed E-state index contributed by atoms with van der Waals surface area (Å²) in [6, 6.07) is 0. The minimum Gasteiger partial charge on any atom is -0.375 e. The van der Waals surface area contributed by atoms with Crippen molar-refractivity contribution in [2.75, 3.05) is 43.9 Å². The maximum absolute atomic E-state index is 11.4. The van der Waals surface area contributed by atoms with Crippen LogP contribution in [0.4, 0.5) is 5.95 Å². The highest BCUT2D eigenvalue weighted by molar-refractivity contribution is 7.88. The smallest absolute Gasteiger partial charge is 0.225 e. The van der Waals surface area contributed by atoms with E-state index in [0.717, 1.165) is 49.8 Å². The summed E-state index contributed by atoms with van der Waals surface area (Å²) in [4.78, 5) is 10.9. The normalized spacial score (nSPS) is 27.6. The van der Waals surface area contributed by atoms with Crippen LogP contribution in [0.5, 0.6) is 0 Å². The Kier molecular flexibility index (Phi) is 5.60. The molecule has 1 aliphatic carbocycles. The number of halogens is 1. The SMILES string of the molecule is CS(=O)(=O)N1CC(OCC[C@@H]2C[C@@H]2C2CCN(c3ncc(Cl)cn3)CC2)C1. The van der Waals surface area contributed by atoms with Crippen LogP contribution in [0.15, 0.2) is 12.4 Å². The number of sulfonamides is 1. The molecular formula is C18H27ClN4O3S. The zero-order valence-electron chi connectivity index (χ0n) is 15.6. The fourth-order valence-corrected chi connectivity index (χ4v) is 5.31. The Morgan fingerprint density at radius 1 is 1.22 bits per heavy atom. The molecule has 2 atom stereocenters. The number of aromatic nitrogens is 2. The van der Waals surface area contributed by atoms with Crippen LogP contribution in [0, 0.1) is 17.8 Å². The van der Waals surface area contributed by atoms with Crippen molar-refractivity contribution >= 4 is 27.6 Å². The van der Waals surface area contributed by atoms with Crippen LogP contribution >= 0.6 is 11.6 Å². The van der Waals surface area contributed by atoms with E-state index in [1.54, 1.807) is 12.4 Å². The predicted molar refractivity (Wildman–Crippen MR) is 104 cm³/mol. The Labute approximate surface area is 166 Å². The van der Waals surface area contributed by atoms with Gasteiger partial charge in [0, 0.05) is 32.8 Å². The zero-order chi connectivity index (χ0) is 19.0. The third kappa shape index (κ3) is 4.72. The monoisotopic (exact) mass is 414 g/mol. The van der Waals surface area contributed by atoms with Crippen molar-refractivity contribution in [1.29, 1.82) is 0 Å². The molecular weight excluding hydrogens is 388 g/mol. The van der Waals surface area contributed by atoms with Gasteiger partial charge in [0.05, 0.1) is 29.8 Å². The summed E-state index contributed by atoms with van der Waals surface area (Å²) in [6.45, 7) is 3.79. The van der Waals surface area contributed by atoms with E-state index in [1.165, 1.54) is 29.8 Å². The predicted octanol–water partition coefficient (Wildman–Crippen LogP) is 2.03. The van der Waals surface area contributed by atoms with Crippen molar-refractivity contribution in [1.82, 2.24) is 14.3 Å². The summed E-state index contributed by atoms with van der Waals surface area (Å²) >= 11 is 5.86. The van der Waals surface area contributed by atoms with Gasteiger partial charge < -0.3 is 9.64 Å². The highest BCUT2D eigenvalue weighted by Gasteiger charge is 2.43. The average molecular weight is 415 g/mol. The number of anilines is 1. The summed E-state index contributed by atoms with van der Waals surface area (Å²) in [6.07, 6.45) is 9.45. The quantitative estimate of drug-likeness (QED) is 0.679. The fourth-order valence-electron chi connectivity index (χ4n) is 4.34. The molecule has 7 nitrogen and oxygen atoms in total. The lowest BCUT2D eigenvalue weighted by Crippen LogP contribution is -2.54. The number of piperidine rings is 1. The first-order chi connectivity index (χ1) is 12.9. The third-order valence-electron chi connectivity index (χ3n) is 6.14. The second-order valence-corrected chi connectivity index (χ2v) is 10.5. The fraction of sp³-hybridized carbons (Fsp3) is 0.778. The lowest BCUT2D eigenvalue weighted by Gasteiger charge is -2.36. The van der Waals surface area contributed by atoms with Gasteiger partial charge in [-0.25, -0.2) is 18.4 Å². The Morgan fingerprint density at radius 2 is 1.89 bits per heavy atom. The van der Waals surface area contributed by atoms with Gasteiger partial charge in [0.25, 0.3) is 0 Å². The number of rotatable bonds is 7. The van der Waals surface area contributed by atoms with Crippen LogP contribution in [-0.4, -0.2) is 67.8 Å². The van der Waals surface area contributed by atoms with Crippen LogP contribution in [0.2, 0.25) is 5.02 Å². The van der Waals surface area contributed by atoms with Crippen molar-refractivity contribution < 1.29 is 13.2 Å². The molecule has 150 valence electrons. The summed E-state index contributed by atoms with van der Waals surface area (Å²) in [5.74, 6) is 3.18. The van der Waals surface area contributed by atoms with E-state index < -0.39 is 10.0 Å². The molecule has 3 aliphatic rings. The van der Waals surface area contributed by atoms with Gasteiger partial charge in [-0.05, 0) is 43.4 Å². The van der Waals surface area contributed by atoms with Gasteiger partial charge in [0.2, 0.25) is 16.0 Å². The van der Waals surface area contributed by atoms with E-state index >= 15 is 0 Å². The van der Waals surface area contributed by atoms with Crippen LogP contribution < -0.4 is 4.90 Å². The number of hydrogen-bond acceptors (Lipinski definition) is 6. The largest absolute Gasteiger partial charge is 0.375 e. The van der Waals surface area contributed by atoms with E-state index in [4.69, 9.17) is 16.3 Å². The van der Waals surface area contributed by atoms with E-state index in [0.29, 0.717) is 18.1 Å². The van der Waals surface area contributed by atoms with Gasteiger partial charge in [-0.15, -0.1) is 0 Å². The maximum atomic E-state index is 11.4. The molecule has 3 fully saturated rings. The first-order valence-electron chi connectivity index (χ1n) is 9.69. The molecule has 3 heterocycles. The van der Waals surface area contributed by atoms with Crippen LogP contribution in [-0.2, 0) is 14.8 Å². The molecule has 1 aromatic heterocycles. The van der Waals surface area contributed by atoms with Crippen molar-refractivity contribution in [3.8, 4) is 0 Å². The lowest BCUT2D eigenvalue weighted by atomic mass is 9.90. The second kappa shape index (κ2) is 7.81. The average Bonchev–Trinajstić information content (AvgIpc) is 3.36. The number of hydrogen-bond donors (Lipinski definition) is 0. The Bertz CT molecular complexity index is 746. The van der Waals surface area contributed by atoms with Crippen molar-refractivity contribution in [2.45, 2.75) is 31.8 Å². The first-order valence-corrected chi connectivity index (χ1v) is 11.9. The molecule has 0 aromatic carbocycles. The molecule has 0 amide bonds. The standard InChI is InChI=1S/C18H27ClN4O3S/c1-27(24,25)23-11-16(12-23)26-7-4-14-8-17(14)13-2-5-22(6-3-13)18-20-9-15(19)10-21-18/h9-10,13-14,16-17H,2-8,11-12H2,1H3/t14-,17-/m1/s1. The Morgan fingerprint density at radius 3 is 2.52 bits per heavy atom. The van der Waals surface area contributed by atoms with Crippen molar-refractivity contribution in [2.24, 2.45) is 17.8 Å². The minimum absolute atomic E-state index is 0.0829. The van der Waals surface area contributed by atoms with Crippen LogP contribution in [0.1, 0.15) is 25.7 Å². The molecule has 0 bridgehead atoms. The van der Waals surface area contributed by atoms with Crippen molar-refractivity contribution in [3.63, 3.8) is 0 Å². The molecule has 2 aliphatic heterocycles. The molecule has 0 spiro atoms. The maximum Gasteiger partial charge on any atom is 0.225 e. The third-order valence-corrected chi connectivity index (χ3v) is 7.57. The zero-order valence-corrected chi connectivity index (χ0v) is 17.2. The Hall–Kier alpha value is -0.960. The van der Waals surface area contributed by atoms with E-state index in [1.807, 2.05) is 0 Å². The van der Waals surface area contributed by atoms with E-state index in [9.17, 15) is 8.42 Å². The first kappa shape index (κ1) is 19.4. The van der Waals surface area contributed by atoms with E-state index in [-0.39, 0.29) is 6.10 Å². The highest BCUT2D eigenvalue weighted by atomic mass is 35.5. The van der Waals surface area contributed by atoms with Gasteiger partial charge >= 0.3 is 0 Å². The molecule has 1 aromatic rings. The molecule has 0 radical (unpaired) electrons. The van der Waals surface area contributed by atoms with Gasteiger partial charge in [0.15, 0.2) is 0 Å². The molecule has 27 heavy (non-hydrogen) atoms. The lowest BCUT2D eigenvalue weighted by molar-refractivity contribution is -0.0223. The van der Waals surface area contributed by atoms with E-state index in [2.05, 4.69) is 14.9 Å². The summed E-state index contributed by atoms with van der Waals surface area (Å²) in [7, 11) is -3.04. The molecule has 1 saturated carbocycles. The number of ether oxygens (including phenoxy) is 1. The Balaban J connectivity index is 1.12. The van der Waals surface area contributed by atoms with Gasteiger partial charge in [-0.3, -0.25) is 0 Å². The summed E-state index contributed by atoms with van der Waals surface area (Å²) in [5.41, 5.74) is 0. The molecule has 4 rings (SSSR count). The number of nitrogens with zero attached hydrogens (tertiary/aromatic N) is 4. The summed E-state index contributed by atoms with van der Waals surface area (Å²) < 4.78 is 30.0.